The minimum atomic E-state index is -1.42. The Balaban J connectivity index is 2.27. The second-order valence-electron chi connectivity index (χ2n) is 4.64. The largest absolute Gasteiger partial charge is 0.319 e. The minimum Gasteiger partial charge on any atom is -0.319 e. The molecule has 0 aliphatic carbocycles. The van der Waals surface area contributed by atoms with Gasteiger partial charge in [-0.05, 0) is 30.3 Å². The van der Waals surface area contributed by atoms with Crippen molar-refractivity contribution in [3.63, 3.8) is 0 Å². The van der Waals surface area contributed by atoms with Gasteiger partial charge in [0.1, 0.15) is 5.92 Å². The van der Waals surface area contributed by atoms with Crippen LogP contribution in [0.15, 0.2) is 36.4 Å². The van der Waals surface area contributed by atoms with Gasteiger partial charge in [0.25, 0.3) is 5.91 Å². The van der Waals surface area contributed by atoms with E-state index in [1.165, 1.54) is 30.3 Å². The fourth-order valence-electron chi connectivity index (χ4n) is 1.94. The van der Waals surface area contributed by atoms with Crippen LogP contribution in [0.4, 0.5) is 5.69 Å². The van der Waals surface area contributed by atoms with Crippen LogP contribution in [0.3, 0.4) is 0 Å². The summed E-state index contributed by atoms with van der Waals surface area (Å²) < 4.78 is 0. The first-order chi connectivity index (χ1) is 11.3. The third-order valence-corrected chi connectivity index (χ3v) is 4.48. The summed E-state index contributed by atoms with van der Waals surface area (Å²) in [5.74, 6) is -3.40. The molecule has 2 rings (SSSR count). The molecule has 4 nitrogen and oxygen atoms in total. The second kappa shape index (κ2) is 7.87. The molecule has 122 valence electrons. The van der Waals surface area contributed by atoms with Crippen LogP contribution in [-0.2, 0) is 9.59 Å². The maximum atomic E-state index is 12.3. The average molecular weight is 402 g/mol. The fourth-order valence-corrected chi connectivity index (χ4v) is 2.85. The molecule has 0 aliphatic heterocycles. The molecule has 0 fully saturated rings. The molecule has 1 atom stereocenters. The van der Waals surface area contributed by atoms with E-state index in [0.717, 1.165) is 0 Å². The highest BCUT2D eigenvalue weighted by atomic mass is 35.5. The number of hydrogen-bond acceptors (Lipinski definition) is 3. The van der Waals surface area contributed by atoms with Crippen LogP contribution in [0, 0.1) is 11.3 Å². The van der Waals surface area contributed by atoms with Gasteiger partial charge in [-0.25, -0.2) is 0 Å². The van der Waals surface area contributed by atoms with E-state index < -0.39 is 17.6 Å². The zero-order chi connectivity index (χ0) is 17.9. The zero-order valence-electron chi connectivity index (χ0n) is 11.8. The highest BCUT2D eigenvalue weighted by Gasteiger charge is 2.30. The Morgan fingerprint density at radius 2 is 1.58 bits per heavy atom. The number of hydrogen-bond donors (Lipinski definition) is 1. The van der Waals surface area contributed by atoms with Gasteiger partial charge in [-0.1, -0.05) is 52.5 Å². The Morgan fingerprint density at radius 3 is 2.12 bits per heavy atom. The van der Waals surface area contributed by atoms with Crippen LogP contribution in [0.1, 0.15) is 11.5 Å². The standard InChI is InChI=1S/C16H8Cl4N2O2/c17-10-5-4-8(6-13(10)20)22-16(24)15(23)9(7-21)14-11(18)2-1-3-12(14)19/h1-6,9H,(H,22,24)/t9-/m1/s1. The van der Waals surface area contributed by atoms with E-state index in [0.29, 0.717) is 5.02 Å². The Kier molecular flexibility index (Phi) is 6.09. The predicted octanol–water partition coefficient (Wildman–Crippen LogP) is 5.12. The number of anilines is 1. The first-order valence-corrected chi connectivity index (χ1v) is 8.00. The molecule has 0 aliphatic rings. The van der Waals surface area contributed by atoms with Crippen molar-refractivity contribution in [3.8, 4) is 6.07 Å². The minimum absolute atomic E-state index is 0.0950. The van der Waals surface area contributed by atoms with Crippen LogP contribution in [0.5, 0.6) is 0 Å². The van der Waals surface area contributed by atoms with Gasteiger partial charge in [-0.2, -0.15) is 5.26 Å². The normalized spacial score (nSPS) is 11.5. The number of rotatable bonds is 4. The van der Waals surface area contributed by atoms with E-state index in [4.69, 9.17) is 46.4 Å². The molecular weight excluding hydrogens is 394 g/mol. The lowest BCUT2D eigenvalue weighted by atomic mass is 9.95. The van der Waals surface area contributed by atoms with Crippen LogP contribution in [0.2, 0.25) is 20.1 Å². The number of nitrogens with one attached hydrogen (secondary N) is 1. The number of nitriles is 1. The molecule has 0 unspecified atom stereocenters. The highest BCUT2D eigenvalue weighted by Crippen LogP contribution is 2.32. The van der Waals surface area contributed by atoms with Crippen molar-refractivity contribution in [1.82, 2.24) is 0 Å². The van der Waals surface area contributed by atoms with Crippen molar-refractivity contribution in [2.75, 3.05) is 5.32 Å². The molecule has 0 radical (unpaired) electrons. The van der Waals surface area contributed by atoms with E-state index in [1.54, 1.807) is 12.1 Å². The lowest BCUT2D eigenvalue weighted by molar-refractivity contribution is -0.135. The quantitative estimate of drug-likeness (QED) is 0.723. The number of nitrogens with zero attached hydrogens (tertiary/aromatic N) is 1. The van der Waals surface area contributed by atoms with Crippen LogP contribution >= 0.6 is 46.4 Å². The topological polar surface area (TPSA) is 70.0 Å². The van der Waals surface area contributed by atoms with Gasteiger partial charge in [0.05, 0.1) is 16.1 Å². The molecule has 0 heterocycles. The van der Waals surface area contributed by atoms with Crippen LogP contribution in [0.25, 0.3) is 0 Å². The summed E-state index contributed by atoms with van der Waals surface area (Å²) >= 11 is 23.6. The number of carbonyl (C=O) groups excluding carboxylic acids is 2. The predicted molar refractivity (Wildman–Crippen MR) is 94.9 cm³/mol. The lowest BCUT2D eigenvalue weighted by Gasteiger charge is -2.12. The number of benzene rings is 2. The van der Waals surface area contributed by atoms with Gasteiger partial charge < -0.3 is 5.32 Å². The summed E-state index contributed by atoms with van der Waals surface area (Å²) in [4.78, 5) is 24.5. The number of halogens is 4. The lowest BCUT2D eigenvalue weighted by Crippen LogP contribution is -2.28. The maximum absolute atomic E-state index is 12.3. The van der Waals surface area contributed by atoms with E-state index in [1.807, 2.05) is 0 Å². The Hall–Kier alpha value is -1.77. The van der Waals surface area contributed by atoms with Crippen molar-refractivity contribution >= 4 is 63.8 Å². The van der Waals surface area contributed by atoms with E-state index >= 15 is 0 Å². The first kappa shape index (κ1) is 18.6. The maximum Gasteiger partial charge on any atom is 0.293 e. The molecule has 2 aromatic rings. The molecule has 24 heavy (non-hydrogen) atoms. The summed E-state index contributed by atoms with van der Waals surface area (Å²) in [6.45, 7) is 0. The molecule has 0 bridgehead atoms. The van der Waals surface area contributed by atoms with Crippen molar-refractivity contribution in [2.24, 2.45) is 0 Å². The second-order valence-corrected chi connectivity index (χ2v) is 6.27. The molecule has 0 aromatic heterocycles. The number of amides is 1. The summed E-state index contributed by atoms with van der Waals surface area (Å²) in [6, 6.07) is 10.6. The molecule has 0 saturated carbocycles. The zero-order valence-corrected chi connectivity index (χ0v) is 14.8. The van der Waals surface area contributed by atoms with Crippen molar-refractivity contribution in [3.05, 3.63) is 62.1 Å². The fraction of sp³-hybridized carbons (Fsp3) is 0.0625. The Labute approximate surface area is 157 Å². The van der Waals surface area contributed by atoms with Gasteiger partial charge in [0, 0.05) is 21.3 Å². The van der Waals surface area contributed by atoms with Crippen molar-refractivity contribution in [2.45, 2.75) is 5.92 Å². The van der Waals surface area contributed by atoms with Gasteiger partial charge in [-0.15, -0.1) is 0 Å². The molecule has 0 saturated heterocycles. The first-order valence-electron chi connectivity index (χ1n) is 6.49. The molecule has 1 N–H and O–H groups in total. The smallest absolute Gasteiger partial charge is 0.293 e. The van der Waals surface area contributed by atoms with Crippen LogP contribution in [-0.4, -0.2) is 11.7 Å². The SMILES string of the molecule is N#C[C@@H](C(=O)C(=O)Nc1ccc(Cl)c(Cl)c1)c1c(Cl)cccc1Cl. The van der Waals surface area contributed by atoms with Gasteiger partial charge >= 0.3 is 0 Å². The average Bonchev–Trinajstić information content (AvgIpc) is 2.54. The van der Waals surface area contributed by atoms with E-state index in [-0.39, 0.29) is 26.3 Å². The summed E-state index contributed by atoms with van der Waals surface area (Å²) in [6.07, 6.45) is 0. The molecule has 0 spiro atoms. The number of Topliss-reactive ketones (excluding diaryl/α,β-unsaturated/α-hetero) is 1. The highest BCUT2D eigenvalue weighted by molar-refractivity contribution is 6.45. The number of ketones is 1. The summed E-state index contributed by atoms with van der Waals surface area (Å²) in [5, 5.41) is 12.4. The van der Waals surface area contributed by atoms with E-state index in [2.05, 4.69) is 5.32 Å². The Morgan fingerprint density at radius 1 is 0.958 bits per heavy atom. The molecule has 1 amide bonds. The monoisotopic (exact) mass is 400 g/mol. The third kappa shape index (κ3) is 4.00. The van der Waals surface area contributed by atoms with Gasteiger partial charge in [-0.3, -0.25) is 9.59 Å². The molecule has 8 heteroatoms. The molecule has 2 aromatic carbocycles. The Bertz CT molecular complexity index is 841. The van der Waals surface area contributed by atoms with Gasteiger partial charge in [0.15, 0.2) is 0 Å². The summed E-state index contributed by atoms with van der Waals surface area (Å²) in [7, 11) is 0. The molecular formula is C16H8Cl4N2O2. The van der Waals surface area contributed by atoms with E-state index in [9.17, 15) is 14.9 Å². The van der Waals surface area contributed by atoms with Gasteiger partial charge in [0.2, 0.25) is 5.78 Å². The van der Waals surface area contributed by atoms with Crippen molar-refractivity contribution in [1.29, 1.82) is 5.26 Å². The number of carbonyl (C=O) groups is 2. The third-order valence-electron chi connectivity index (χ3n) is 3.08. The van der Waals surface area contributed by atoms with Crippen LogP contribution < -0.4 is 5.32 Å². The van der Waals surface area contributed by atoms with Crippen molar-refractivity contribution < 1.29 is 9.59 Å². The summed E-state index contributed by atoms with van der Waals surface area (Å²) in [5.41, 5.74) is 0.363.